The molecule has 1 saturated carbocycles. The molecule has 4 nitrogen and oxygen atoms in total. The summed E-state index contributed by atoms with van der Waals surface area (Å²) in [6.07, 6.45) is 1.90. The van der Waals surface area contributed by atoms with Crippen molar-refractivity contribution < 1.29 is 9.59 Å². The van der Waals surface area contributed by atoms with Crippen LogP contribution in [-0.2, 0) is 9.59 Å². The first-order valence-electron chi connectivity index (χ1n) is 6.50. The molecule has 1 aromatic rings. The molecule has 0 bridgehead atoms. The lowest BCUT2D eigenvalue weighted by molar-refractivity contribution is -0.144. The zero-order valence-electron chi connectivity index (χ0n) is 10.4. The van der Waals surface area contributed by atoms with E-state index in [4.69, 9.17) is 11.6 Å². The van der Waals surface area contributed by atoms with E-state index in [1.807, 2.05) is 12.1 Å². The van der Waals surface area contributed by atoms with Crippen LogP contribution in [0.1, 0.15) is 24.4 Å². The molecular weight excluding hydrogens is 264 g/mol. The predicted molar refractivity (Wildman–Crippen MR) is 71.6 cm³/mol. The minimum Gasteiger partial charge on any atom is -0.352 e. The van der Waals surface area contributed by atoms with E-state index in [1.165, 1.54) is 0 Å². The van der Waals surface area contributed by atoms with Crippen molar-refractivity contribution in [3.63, 3.8) is 0 Å². The maximum Gasteiger partial charge on any atom is 0.247 e. The summed E-state index contributed by atoms with van der Waals surface area (Å²) in [7, 11) is 0. The standard InChI is InChI=1S/C14H15ClN2O2/c15-11-5-3-9(4-6-11)12-13(18)16-7-8-17(12)14(19)10-1-2-10/h3-6,10,12H,1-2,7-8H2,(H,16,18). The first-order valence-corrected chi connectivity index (χ1v) is 6.88. The summed E-state index contributed by atoms with van der Waals surface area (Å²) >= 11 is 5.87. The lowest BCUT2D eigenvalue weighted by atomic mass is 10.0. The molecule has 1 N–H and O–H groups in total. The maximum atomic E-state index is 12.3. The molecule has 1 atom stereocenters. The van der Waals surface area contributed by atoms with Crippen LogP contribution in [0, 0.1) is 5.92 Å². The van der Waals surface area contributed by atoms with E-state index in [9.17, 15) is 9.59 Å². The third kappa shape index (κ3) is 2.45. The van der Waals surface area contributed by atoms with Gasteiger partial charge >= 0.3 is 0 Å². The summed E-state index contributed by atoms with van der Waals surface area (Å²) in [5.41, 5.74) is 0.815. The van der Waals surface area contributed by atoms with Crippen LogP contribution in [0.4, 0.5) is 0 Å². The summed E-state index contributed by atoms with van der Waals surface area (Å²) in [5.74, 6) is 0.123. The Morgan fingerprint density at radius 2 is 1.95 bits per heavy atom. The molecule has 0 aromatic heterocycles. The summed E-state index contributed by atoms with van der Waals surface area (Å²) in [5, 5.41) is 3.45. The molecule has 2 aliphatic rings. The molecule has 2 fully saturated rings. The fourth-order valence-corrected chi connectivity index (χ4v) is 2.57. The van der Waals surface area contributed by atoms with E-state index in [2.05, 4.69) is 5.32 Å². The normalized spacial score (nSPS) is 23.1. The summed E-state index contributed by atoms with van der Waals surface area (Å²) in [6, 6.07) is 6.60. The first kappa shape index (κ1) is 12.5. The van der Waals surface area contributed by atoms with E-state index in [1.54, 1.807) is 17.0 Å². The van der Waals surface area contributed by atoms with Crippen molar-refractivity contribution in [3.05, 3.63) is 34.9 Å². The van der Waals surface area contributed by atoms with E-state index < -0.39 is 6.04 Å². The van der Waals surface area contributed by atoms with Crippen LogP contribution in [0.15, 0.2) is 24.3 Å². The monoisotopic (exact) mass is 278 g/mol. The summed E-state index contributed by atoms with van der Waals surface area (Å²) < 4.78 is 0. The zero-order chi connectivity index (χ0) is 13.4. The number of carbonyl (C=O) groups is 2. The third-order valence-electron chi connectivity index (χ3n) is 3.61. The molecule has 3 rings (SSSR count). The zero-order valence-corrected chi connectivity index (χ0v) is 11.2. The molecule has 19 heavy (non-hydrogen) atoms. The van der Waals surface area contributed by atoms with Crippen LogP contribution in [0.5, 0.6) is 0 Å². The number of hydrogen-bond acceptors (Lipinski definition) is 2. The highest BCUT2D eigenvalue weighted by Gasteiger charge is 2.40. The number of carbonyl (C=O) groups excluding carboxylic acids is 2. The van der Waals surface area contributed by atoms with E-state index in [-0.39, 0.29) is 17.7 Å². The number of rotatable bonds is 2. The fraction of sp³-hybridized carbons (Fsp3) is 0.429. The molecule has 2 amide bonds. The molecule has 100 valence electrons. The van der Waals surface area contributed by atoms with Crippen molar-refractivity contribution in [1.82, 2.24) is 10.2 Å². The number of piperazine rings is 1. The molecule has 1 aliphatic heterocycles. The Hall–Kier alpha value is -1.55. The molecule has 5 heteroatoms. The van der Waals surface area contributed by atoms with Crippen LogP contribution >= 0.6 is 11.6 Å². The van der Waals surface area contributed by atoms with Crippen LogP contribution < -0.4 is 5.32 Å². The van der Waals surface area contributed by atoms with Gasteiger partial charge in [0.2, 0.25) is 11.8 Å². The Morgan fingerprint density at radius 3 is 2.58 bits per heavy atom. The second kappa shape index (κ2) is 4.85. The van der Waals surface area contributed by atoms with Gasteiger partial charge in [0.15, 0.2) is 0 Å². The van der Waals surface area contributed by atoms with E-state index >= 15 is 0 Å². The second-order valence-electron chi connectivity index (χ2n) is 5.05. The van der Waals surface area contributed by atoms with Gasteiger partial charge in [0.1, 0.15) is 6.04 Å². The van der Waals surface area contributed by atoms with Gasteiger partial charge in [-0.2, -0.15) is 0 Å². The minimum atomic E-state index is -0.515. The van der Waals surface area contributed by atoms with Crippen molar-refractivity contribution in [3.8, 4) is 0 Å². The molecule has 1 unspecified atom stereocenters. The summed E-state index contributed by atoms with van der Waals surface area (Å²) in [4.78, 5) is 26.1. The highest BCUT2D eigenvalue weighted by atomic mass is 35.5. The van der Waals surface area contributed by atoms with Gasteiger partial charge in [0.05, 0.1) is 0 Å². The number of halogens is 1. The predicted octanol–water partition coefficient (Wildman–Crippen LogP) is 1.75. The number of amides is 2. The summed E-state index contributed by atoms with van der Waals surface area (Å²) in [6.45, 7) is 1.11. The molecule has 1 heterocycles. The van der Waals surface area contributed by atoms with Crippen molar-refractivity contribution in [2.24, 2.45) is 5.92 Å². The molecule has 1 aliphatic carbocycles. The average molecular weight is 279 g/mol. The van der Waals surface area contributed by atoms with E-state index in [0.717, 1.165) is 18.4 Å². The van der Waals surface area contributed by atoms with Gasteiger partial charge in [-0.1, -0.05) is 23.7 Å². The quantitative estimate of drug-likeness (QED) is 0.896. The third-order valence-corrected chi connectivity index (χ3v) is 3.86. The van der Waals surface area contributed by atoms with Crippen LogP contribution in [-0.4, -0.2) is 29.8 Å². The van der Waals surface area contributed by atoms with E-state index in [0.29, 0.717) is 18.1 Å². The van der Waals surface area contributed by atoms with Crippen molar-refractivity contribution >= 4 is 23.4 Å². The molecule has 0 spiro atoms. The SMILES string of the molecule is O=C1NCCN(C(=O)C2CC2)C1c1ccc(Cl)cc1. The lowest BCUT2D eigenvalue weighted by Gasteiger charge is -2.35. The second-order valence-corrected chi connectivity index (χ2v) is 5.49. The van der Waals surface area contributed by atoms with Gasteiger partial charge in [0, 0.05) is 24.0 Å². The van der Waals surface area contributed by atoms with Crippen molar-refractivity contribution in [2.75, 3.05) is 13.1 Å². The highest BCUT2D eigenvalue weighted by Crippen LogP contribution is 2.35. The topological polar surface area (TPSA) is 49.4 Å². The van der Waals surface area contributed by atoms with Crippen LogP contribution in [0.3, 0.4) is 0 Å². The van der Waals surface area contributed by atoms with Gasteiger partial charge < -0.3 is 10.2 Å². The van der Waals surface area contributed by atoms with Crippen molar-refractivity contribution in [2.45, 2.75) is 18.9 Å². The van der Waals surface area contributed by atoms with Gasteiger partial charge in [-0.25, -0.2) is 0 Å². The van der Waals surface area contributed by atoms with Gasteiger partial charge in [-0.05, 0) is 30.5 Å². The Kier molecular flexibility index (Phi) is 3.19. The largest absolute Gasteiger partial charge is 0.352 e. The Balaban J connectivity index is 1.90. The first-order chi connectivity index (χ1) is 9.16. The fourth-order valence-electron chi connectivity index (χ4n) is 2.45. The minimum absolute atomic E-state index is 0.106. The van der Waals surface area contributed by atoms with Gasteiger partial charge in [-0.15, -0.1) is 0 Å². The smallest absolute Gasteiger partial charge is 0.247 e. The molecule has 1 saturated heterocycles. The number of benzene rings is 1. The maximum absolute atomic E-state index is 12.3. The highest BCUT2D eigenvalue weighted by molar-refractivity contribution is 6.30. The lowest BCUT2D eigenvalue weighted by Crippen LogP contribution is -2.52. The average Bonchev–Trinajstić information content (AvgIpc) is 3.23. The Bertz CT molecular complexity index is 511. The van der Waals surface area contributed by atoms with Gasteiger partial charge in [-0.3, -0.25) is 9.59 Å². The van der Waals surface area contributed by atoms with Crippen LogP contribution in [0.2, 0.25) is 5.02 Å². The van der Waals surface area contributed by atoms with Crippen LogP contribution in [0.25, 0.3) is 0 Å². The number of nitrogens with zero attached hydrogens (tertiary/aromatic N) is 1. The molecular formula is C14H15ClN2O2. The number of hydrogen-bond donors (Lipinski definition) is 1. The van der Waals surface area contributed by atoms with Gasteiger partial charge in [0.25, 0.3) is 0 Å². The van der Waals surface area contributed by atoms with Crippen molar-refractivity contribution in [1.29, 1.82) is 0 Å². The molecule has 0 radical (unpaired) electrons. The Morgan fingerprint density at radius 1 is 1.26 bits per heavy atom. The molecule has 1 aromatic carbocycles. The Labute approximate surface area is 116 Å². The number of nitrogens with one attached hydrogen (secondary N) is 1.